The van der Waals surface area contributed by atoms with Crippen LogP contribution in [0, 0.1) is 0 Å². The second-order valence-corrected chi connectivity index (χ2v) is 5.53. The number of hydrogen-bond acceptors (Lipinski definition) is 4. The molecule has 0 amide bonds. The van der Waals surface area contributed by atoms with Gasteiger partial charge in [-0.2, -0.15) is 0 Å². The van der Waals surface area contributed by atoms with E-state index in [2.05, 4.69) is 10.3 Å². The van der Waals surface area contributed by atoms with Gasteiger partial charge < -0.3 is 9.88 Å². The van der Waals surface area contributed by atoms with E-state index in [1.165, 1.54) is 0 Å². The molecule has 0 saturated carbocycles. The summed E-state index contributed by atoms with van der Waals surface area (Å²) in [6.07, 6.45) is 4.11. The Balaban J connectivity index is 2.32. The van der Waals surface area contributed by atoms with Gasteiger partial charge in [-0.25, -0.2) is 18.5 Å². The SMILES string of the molecule is CC(NCCCS(N)(=O)=O)c1nccn1C. The lowest BCUT2D eigenvalue weighted by Gasteiger charge is -2.13. The Labute approximate surface area is 95.9 Å². The first-order chi connectivity index (χ1) is 7.40. The van der Waals surface area contributed by atoms with Crippen LogP contribution in [0.25, 0.3) is 0 Å². The fourth-order valence-electron chi connectivity index (χ4n) is 1.48. The molecule has 3 N–H and O–H groups in total. The van der Waals surface area contributed by atoms with Crippen LogP contribution in [-0.4, -0.2) is 30.3 Å². The fourth-order valence-corrected chi connectivity index (χ4v) is 2.02. The van der Waals surface area contributed by atoms with Crippen LogP contribution in [-0.2, 0) is 17.1 Å². The van der Waals surface area contributed by atoms with Crippen molar-refractivity contribution in [1.82, 2.24) is 14.9 Å². The highest BCUT2D eigenvalue weighted by atomic mass is 32.2. The highest BCUT2D eigenvalue weighted by molar-refractivity contribution is 7.89. The Morgan fingerprint density at radius 2 is 2.31 bits per heavy atom. The quantitative estimate of drug-likeness (QED) is 0.677. The third-order valence-corrected chi connectivity index (χ3v) is 3.16. The maximum Gasteiger partial charge on any atom is 0.209 e. The lowest BCUT2D eigenvalue weighted by Crippen LogP contribution is -2.25. The predicted octanol–water partition coefficient (Wildman–Crippen LogP) is -0.251. The predicted molar refractivity (Wildman–Crippen MR) is 62.2 cm³/mol. The summed E-state index contributed by atoms with van der Waals surface area (Å²) < 4.78 is 23.3. The number of imidazole rings is 1. The Morgan fingerprint density at radius 3 is 2.81 bits per heavy atom. The highest BCUT2D eigenvalue weighted by Gasteiger charge is 2.09. The average Bonchev–Trinajstić information content (AvgIpc) is 2.57. The summed E-state index contributed by atoms with van der Waals surface area (Å²) in [5, 5.41) is 8.09. The molecule has 0 saturated heterocycles. The maximum atomic E-state index is 10.7. The van der Waals surface area contributed by atoms with Crippen molar-refractivity contribution in [2.45, 2.75) is 19.4 Å². The molecule has 92 valence electrons. The molecular formula is C9H18N4O2S. The summed E-state index contributed by atoms with van der Waals surface area (Å²) in [7, 11) is -1.42. The van der Waals surface area contributed by atoms with Crippen LogP contribution in [0.15, 0.2) is 12.4 Å². The van der Waals surface area contributed by atoms with E-state index in [1.54, 1.807) is 6.20 Å². The number of rotatable bonds is 6. The van der Waals surface area contributed by atoms with Crippen molar-refractivity contribution < 1.29 is 8.42 Å². The van der Waals surface area contributed by atoms with Crippen molar-refractivity contribution in [2.75, 3.05) is 12.3 Å². The number of hydrogen-bond donors (Lipinski definition) is 2. The standard InChI is InChI=1S/C9H18N4O2S/c1-8(9-12-5-6-13(9)2)11-4-3-7-16(10,14)15/h5-6,8,11H,3-4,7H2,1-2H3,(H2,10,14,15). The van der Waals surface area contributed by atoms with Crippen molar-refractivity contribution in [3.8, 4) is 0 Å². The lowest BCUT2D eigenvalue weighted by molar-refractivity contribution is 0.526. The number of nitrogens with one attached hydrogen (secondary N) is 1. The molecule has 1 unspecified atom stereocenters. The van der Waals surface area contributed by atoms with E-state index in [0.717, 1.165) is 5.82 Å². The number of nitrogens with two attached hydrogens (primary N) is 1. The van der Waals surface area contributed by atoms with Gasteiger partial charge in [0.2, 0.25) is 10.0 Å². The van der Waals surface area contributed by atoms with Crippen molar-refractivity contribution in [2.24, 2.45) is 12.2 Å². The largest absolute Gasteiger partial charge is 0.337 e. The molecule has 7 heteroatoms. The number of aryl methyl sites for hydroxylation is 1. The molecule has 1 aromatic rings. The van der Waals surface area contributed by atoms with E-state index in [0.29, 0.717) is 13.0 Å². The number of nitrogens with zero attached hydrogens (tertiary/aromatic N) is 2. The van der Waals surface area contributed by atoms with Gasteiger partial charge in [0.05, 0.1) is 11.8 Å². The zero-order valence-corrected chi connectivity index (χ0v) is 10.4. The second-order valence-electron chi connectivity index (χ2n) is 3.79. The van der Waals surface area contributed by atoms with Crippen LogP contribution < -0.4 is 10.5 Å². The molecule has 16 heavy (non-hydrogen) atoms. The monoisotopic (exact) mass is 246 g/mol. The molecule has 1 heterocycles. The van der Waals surface area contributed by atoms with Crippen LogP contribution in [0.1, 0.15) is 25.2 Å². The lowest BCUT2D eigenvalue weighted by atomic mass is 10.3. The highest BCUT2D eigenvalue weighted by Crippen LogP contribution is 2.07. The molecule has 0 aliphatic rings. The van der Waals surface area contributed by atoms with Gasteiger partial charge in [-0.05, 0) is 19.9 Å². The van der Waals surface area contributed by atoms with Crippen LogP contribution in [0.4, 0.5) is 0 Å². The third kappa shape index (κ3) is 4.30. The summed E-state index contributed by atoms with van der Waals surface area (Å²) in [5.74, 6) is 0.934. The molecule has 0 aliphatic heterocycles. The molecule has 1 aromatic heterocycles. The van der Waals surface area contributed by atoms with E-state index in [-0.39, 0.29) is 11.8 Å². The summed E-state index contributed by atoms with van der Waals surface area (Å²) in [5.41, 5.74) is 0. The third-order valence-electron chi connectivity index (χ3n) is 2.30. The van der Waals surface area contributed by atoms with Crippen LogP contribution in [0.3, 0.4) is 0 Å². The molecule has 6 nitrogen and oxygen atoms in total. The first-order valence-corrected chi connectivity index (χ1v) is 6.83. The van der Waals surface area contributed by atoms with Gasteiger partial charge in [0.15, 0.2) is 0 Å². The maximum absolute atomic E-state index is 10.7. The normalized spacial score (nSPS) is 13.9. The smallest absolute Gasteiger partial charge is 0.209 e. The van der Waals surface area contributed by atoms with Gasteiger partial charge in [0, 0.05) is 19.4 Å². The Kier molecular flexibility index (Phi) is 4.45. The minimum atomic E-state index is -3.34. The summed E-state index contributed by atoms with van der Waals surface area (Å²) in [4.78, 5) is 4.20. The van der Waals surface area contributed by atoms with Crippen molar-refractivity contribution in [3.05, 3.63) is 18.2 Å². The topological polar surface area (TPSA) is 90.0 Å². The molecule has 0 radical (unpaired) electrons. The molecule has 1 atom stereocenters. The number of primary sulfonamides is 1. The van der Waals surface area contributed by atoms with Gasteiger partial charge in [-0.15, -0.1) is 0 Å². The van der Waals surface area contributed by atoms with Gasteiger partial charge >= 0.3 is 0 Å². The van der Waals surface area contributed by atoms with Crippen LogP contribution in [0.5, 0.6) is 0 Å². The van der Waals surface area contributed by atoms with Crippen LogP contribution in [0.2, 0.25) is 0 Å². The zero-order valence-electron chi connectivity index (χ0n) is 9.55. The van der Waals surface area contributed by atoms with Crippen molar-refractivity contribution in [3.63, 3.8) is 0 Å². The van der Waals surface area contributed by atoms with Crippen molar-refractivity contribution >= 4 is 10.0 Å². The fraction of sp³-hybridized carbons (Fsp3) is 0.667. The summed E-state index contributed by atoms with van der Waals surface area (Å²) in [6, 6.07) is 0.0977. The number of sulfonamides is 1. The molecule has 0 aromatic carbocycles. The number of aromatic nitrogens is 2. The Morgan fingerprint density at radius 1 is 1.62 bits per heavy atom. The molecule has 0 aliphatic carbocycles. The zero-order chi connectivity index (χ0) is 12.2. The molecular weight excluding hydrogens is 228 g/mol. The molecule has 1 rings (SSSR count). The minimum absolute atomic E-state index is 0.00723. The summed E-state index contributed by atoms with van der Waals surface area (Å²) in [6.45, 7) is 2.59. The van der Waals surface area contributed by atoms with E-state index in [4.69, 9.17) is 5.14 Å². The minimum Gasteiger partial charge on any atom is -0.337 e. The molecule has 0 bridgehead atoms. The first kappa shape index (κ1) is 13.1. The first-order valence-electron chi connectivity index (χ1n) is 5.11. The Hall–Kier alpha value is -0.920. The average molecular weight is 246 g/mol. The Bertz CT molecular complexity index is 426. The van der Waals surface area contributed by atoms with Gasteiger partial charge in [-0.1, -0.05) is 0 Å². The van der Waals surface area contributed by atoms with Gasteiger partial charge in [0.25, 0.3) is 0 Å². The van der Waals surface area contributed by atoms with Crippen LogP contribution >= 0.6 is 0 Å². The second kappa shape index (κ2) is 5.42. The molecule has 0 fully saturated rings. The molecule has 0 spiro atoms. The van der Waals surface area contributed by atoms with E-state index >= 15 is 0 Å². The van der Waals surface area contributed by atoms with E-state index in [1.807, 2.05) is 24.7 Å². The van der Waals surface area contributed by atoms with Gasteiger partial charge in [-0.3, -0.25) is 0 Å². The van der Waals surface area contributed by atoms with Gasteiger partial charge in [0.1, 0.15) is 5.82 Å². The van der Waals surface area contributed by atoms with E-state index < -0.39 is 10.0 Å². The van der Waals surface area contributed by atoms with E-state index in [9.17, 15) is 8.42 Å². The summed E-state index contributed by atoms with van der Waals surface area (Å²) >= 11 is 0. The van der Waals surface area contributed by atoms with Crippen molar-refractivity contribution in [1.29, 1.82) is 0 Å².